The lowest BCUT2D eigenvalue weighted by atomic mass is 10.1. The molecule has 2 heterocycles. The maximum absolute atomic E-state index is 4.80. The molecule has 134 valence electrons. The van der Waals surface area contributed by atoms with E-state index in [1.165, 1.54) is 5.56 Å². The Balaban J connectivity index is 1.70. The quantitative estimate of drug-likeness (QED) is 0.837. The molecule has 1 aliphatic rings. The Kier molecular flexibility index (Phi) is 5.97. The minimum absolute atomic E-state index is 0.554. The van der Waals surface area contributed by atoms with E-state index in [2.05, 4.69) is 71.1 Å². The third-order valence-electron chi connectivity index (χ3n) is 5.11. The van der Waals surface area contributed by atoms with E-state index in [4.69, 9.17) is 4.98 Å². The number of benzene rings is 1. The van der Waals surface area contributed by atoms with Crippen LogP contribution in [0.5, 0.6) is 0 Å². The van der Waals surface area contributed by atoms with E-state index in [-0.39, 0.29) is 0 Å². The van der Waals surface area contributed by atoms with Crippen LogP contribution in [0.1, 0.15) is 44.1 Å². The molecule has 5 nitrogen and oxygen atoms in total. The first-order valence-electron chi connectivity index (χ1n) is 9.46. The Labute approximate surface area is 151 Å². The maximum Gasteiger partial charge on any atom is 0.245 e. The van der Waals surface area contributed by atoms with Crippen LogP contribution < -0.4 is 4.90 Å². The molecule has 0 amide bonds. The van der Waals surface area contributed by atoms with Crippen LogP contribution >= 0.6 is 0 Å². The molecule has 1 saturated heterocycles. The number of aryl methyl sites for hydroxylation is 2. The van der Waals surface area contributed by atoms with Gasteiger partial charge in [-0.05, 0) is 31.7 Å². The van der Waals surface area contributed by atoms with Gasteiger partial charge >= 0.3 is 0 Å². The minimum atomic E-state index is 0.554. The summed E-state index contributed by atoms with van der Waals surface area (Å²) in [5.74, 6) is 0.794. The summed E-state index contributed by atoms with van der Waals surface area (Å²) in [6.45, 7) is 10.5. The monoisotopic (exact) mass is 339 g/mol. The van der Waals surface area contributed by atoms with Gasteiger partial charge in [-0.25, -0.2) is 4.98 Å². The molecule has 1 aromatic carbocycles. The Hall–Kier alpha value is -2.01. The van der Waals surface area contributed by atoms with Crippen molar-refractivity contribution < 1.29 is 0 Å². The molecule has 1 fully saturated rings. The van der Waals surface area contributed by atoms with Crippen LogP contribution in [0.2, 0.25) is 0 Å². The molecule has 0 spiro atoms. The molecule has 0 aliphatic carbocycles. The van der Waals surface area contributed by atoms with Crippen LogP contribution in [0.25, 0.3) is 0 Å². The van der Waals surface area contributed by atoms with Crippen molar-refractivity contribution in [1.82, 2.24) is 20.1 Å². The smallest absolute Gasteiger partial charge is 0.245 e. The lowest BCUT2D eigenvalue weighted by molar-refractivity contribution is 0.212. The van der Waals surface area contributed by atoms with Gasteiger partial charge in [-0.2, -0.15) is 5.10 Å². The van der Waals surface area contributed by atoms with Crippen molar-refractivity contribution >= 4 is 5.95 Å². The first-order valence-corrected chi connectivity index (χ1v) is 9.46. The summed E-state index contributed by atoms with van der Waals surface area (Å²) in [5, 5.41) is 8.82. The van der Waals surface area contributed by atoms with Gasteiger partial charge in [-0.1, -0.05) is 44.2 Å². The van der Waals surface area contributed by atoms with Crippen LogP contribution in [0.4, 0.5) is 5.95 Å². The number of anilines is 1. The van der Waals surface area contributed by atoms with Crippen molar-refractivity contribution in [2.75, 3.05) is 24.5 Å². The molecule has 0 radical (unpaired) electrons. The molecule has 3 rings (SSSR count). The molecule has 2 aromatic rings. The molecule has 25 heavy (non-hydrogen) atoms. The van der Waals surface area contributed by atoms with Gasteiger partial charge in [-0.3, -0.25) is 4.90 Å². The Bertz CT molecular complexity index is 673. The van der Waals surface area contributed by atoms with E-state index in [0.29, 0.717) is 6.04 Å². The van der Waals surface area contributed by atoms with E-state index in [9.17, 15) is 0 Å². The molecular weight excluding hydrogens is 310 g/mol. The van der Waals surface area contributed by atoms with Crippen LogP contribution in [-0.2, 0) is 19.4 Å². The van der Waals surface area contributed by atoms with Crippen molar-refractivity contribution in [2.24, 2.45) is 0 Å². The molecule has 0 N–H and O–H groups in total. The lowest BCUT2D eigenvalue weighted by Crippen LogP contribution is -2.34. The zero-order chi connectivity index (χ0) is 17.6. The van der Waals surface area contributed by atoms with Gasteiger partial charge in [-0.15, -0.1) is 5.10 Å². The van der Waals surface area contributed by atoms with Crippen LogP contribution in [0, 0.1) is 0 Å². The standard InChI is InChI=1S/C20H29N5/c1-4-18-19(5-2)22-23-20(21-18)24-12-11-16(3)25(14-13-24)15-17-9-7-6-8-10-17/h6-10,16H,4-5,11-15H2,1-3H3. The fourth-order valence-corrected chi connectivity index (χ4v) is 3.42. The topological polar surface area (TPSA) is 45.2 Å². The second-order valence-corrected chi connectivity index (χ2v) is 6.79. The van der Waals surface area contributed by atoms with Gasteiger partial charge in [0, 0.05) is 32.2 Å². The summed E-state index contributed by atoms with van der Waals surface area (Å²) in [7, 11) is 0. The van der Waals surface area contributed by atoms with Crippen LogP contribution in [0.3, 0.4) is 0 Å². The zero-order valence-corrected chi connectivity index (χ0v) is 15.6. The van der Waals surface area contributed by atoms with Crippen LogP contribution in [-0.4, -0.2) is 45.8 Å². The second kappa shape index (κ2) is 8.39. The first-order chi connectivity index (χ1) is 12.2. The van der Waals surface area contributed by atoms with Gasteiger partial charge in [0.2, 0.25) is 5.95 Å². The number of hydrogen-bond donors (Lipinski definition) is 0. The summed E-state index contributed by atoms with van der Waals surface area (Å²) in [4.78, 5) is 9.65. The highest BCUT2D eigenvalue weighted by atomic mass is 15.3. The van der Waals surface area contributed by atoms with Crippen molar-refractivity contribution in [2.45, 2.75) is 52.6 Å². The highest BCUT2D eigenvalue weighted by molar-refractivity contribution is 5.31. The van der Waals surface area contributed by atoms with Crippen molar-refractivity contribution in [3.8, 4) is 0 Å². The predicted molar refractivity (Wildman–Crippen MR) is 102 cm³/mol. The lowest BCUT2D eigenvalue weighted by Gasteiger charge is -2.26. The Morgan fingerprint density at radius 2 is 1.72 bits per heavy atom. The van der Waals surface area contributed by atoms with Gasteiger partial charge in [0.05, 0.1) is 11.4 Å². The van der Waals surface area contributed by atoms with E-state index in [1.807, 2.05) is 0 Å². The fourth-order valence-electron chi connectivity index (χ4n) is 3.42. The average molecular weight is 339 g/mol. The number of aromatic nitrogens is 3. The van der Waals surface area contributed by atoms with Gasteiger partial charge < -0.3 is 4.90 Å². The Morgan fingerprint density at radius 3 is 2.44 bits per heavy atom. The SMILES string of the molecule is CCc1nnc(N2CCC(C)N(Cc3ccccc3)CC2)nc1CC. The molecule has 1 unspecified atom stereocenters. The first kappa shape index (κ1) is 17.8. The van der Waals surface area contributed by atoms with Crippen LogP contribution in [0.15, 0.2) is 30.3 Å². The Morgan fingerprint density at radius 1 is 0.960 bits per heavy atom. The van der Waals surface area contributed by atoms with Crippen molar-refractivity contribution in [3.05, 3.63) is 47.3 Å². The van der Waals surface area contributed by atoms with Crippen molar-refractivity contribution in [1.29, 1.82) is 0 Å². The summed E-state index contributed by atoms with van der Waals surface area (Å²) in [6, 6.07) is 11.3. The maximum atomic E-state index is 4.80. The summed E-state index contributed by atoms with van der Waals surface area (Å²) in [5.41, 5.74) is 3.49. The van der Waals surface area contributed by atoms with Gasteiger partial charge in [0.15, 0.2) is 0 Å². The van der Waals surface area contributed by atoms with E-state index < -0.39 is 0 Å². The molecule has 5 heteroatoms. The molecule has 1 aliphatic heterocycles. The zero-order valence-electron chi connectivity index (χ0n) is 15.6. The van der Waals surface area contributed by atoms with Gasteiger partial charge in [0.1, 0.15) is 0 Å². The van der Waals surface area contributed by atoms with E-state index in [1.54, 1.807) is 0 Å². The highest BCUT2D eigenvalue weighted by Crippen LogP contribution is 2.18. The largest absolute Gasteiger partial charge is 0.338 e. The fraction of sp³-hybridized carbons (Fsp3) is 0.550. The number of rotatable bonds is 5. The molecule has 1 atom stereocenters. The van der Waals surface area contributed by atoms with E-state index in [0.717, 1.165) is 62.8 Å². The molecule has 1 aromatic heterocycles. The highest BCUT2D eigenvalue weighted by Gasteiger charge is 2.23. The number of hydrogen-bond acceptors (Lipinski definition) is 5. The molecule has 0 saturated carbocycles. The second-order valence-electron chi connectivity index (χ2n) is 6.79. The minimum Gasteiger partial charge on any atom is -0.338 e. The summed E-state index contributed by atoms with van der Waals surface area (Å²) < 4.78 is 0. The third kappa shape index (κ3) is 4.34. The van der Waals surface area contributed by atoms with Crippen molar-refractivity contribution in [3.63, 3.8) is 0 Å². The third-order valence-corrected chi connectivity index (χ3v) is 5.11. The molecule has 0 bridgehead atoms. The average Bonchev–Trinajstić information content (AvgIpc) is 2.84. The van der Waals surface area contributed by atoms with Gasteiger partial charge in [0.25, 0.3) is 0 Å². The normalized spacial score (nSPS) is 19.0. The summed E-state index contributed by atoms with van der Waals surface area (Å²) in [6.07, 6.45) is 2.93. The predicted octanol–water partition coefficient (Wildman–Crippen LogP) is 3.10. The number of nitrogens with zero attached hydrogens (tertiary/aromatic N) is 5. The van der Waals surface area contributed by atoms with E-state index >= 15 is 0 Å². The summed E-state index contributed by atoms with van der Waals surface area (Å²) >= 11 is 0. The molecular formula is C20H29N5.